The number of halogens is 2. The molecule has 17 heteroatoms. The van der Waals surface area contributed by atoms with E-state index < -0.39 is 65.5 Å². The lowest BCUT2D eigenvalue weighted by atomic mass is 9.77. The van der Waals surface area contributed by atoms with Gasteiger partial charge in [0, 0.05) is 16.7 Å². The van der Waals surface area contributed by atoms with Gasteiger partial charge in [0.25, 0.3) is 11.8 Å². The molecule has 3 aromatic carbocycles. The van der Waals surface area contributed by atoms with E-state index in [1.54, 1.807) is 0 Å². The first-order valence-electron chi connectivity index (χ1n) is 15.2. The molecule has 2 unspecified atom stereocenters. The fourth-order valence-electron chi connectivity index (χ4n) is 5.84. The number of ether oxygens (including phenoxy) is 1. The molecule has 3 heterocycles. The van der Waals surface area contributed by atoms with Gasteiger partial charge in [0.15, 0.2) is 10.8 Å². The van der Waals surface area contributed by atoms with Gasteiger partial charge in [0.1, 0.15) is 35.0 Å². The zero-order valence-corrected chi connectivity index (χ0v) is 27.9. The number of primary amides is 1. The zero-order chi connectivity index (χ0) is 36.1. The van der Waals surface area contributed by atoms with Gasteiger partial charge in [-0.3, -0.25) is 14.5 Å². The molecule has 0 aliphatic carbocycles. The van der Waals surface area contributed by atoms with Crippen molar-refractivity contribution in [1.82, 2.24) is 15.2 Å². The van der Waals surface area contributed by atoms with Crippen molar-refractivity contribution in [2.24, 2.45) is 10.9 Å². The van der Waals surface area contributed by atoms with Crippen LogP contribution >= 0.6 is 23.1 Å². The molecule has 0 spiro atoms. The highest BCUT2D eigenvalue weighted by atomic mass is 32.2. The molecule has 262 valence electrons. The lowest BCUT2D eigenvalue weighted by Crippen LogP contribution is -2.71. The van der Waals surface area contributed by atoms with Crippen molar-refractivity contribution >= 4 is 57.8 Å². The fourth-order valence-corrected chi connectivity index (χ4v) is 7.92. The number of thiazole rings is 1. The van der Waals surface area contributed by atoms with Crippen LogP contribution in [0, 0.1) is 0 Å². The number of nitrogens with zero attached hydrogens (tertiary/aromatic N) is 3. The summed E-state index contributed by atoms with van der Waals surface area (Å²) in [5.41, 5.74) is 5.57. The largest absolute Gasteiger partial charge is 0.477 e. The van der Waals surface area contributed by atoms with Crippen LogP contribution in [0.3, 0.4) is 0 Å². The maximum absolute atomic E-state index is 13.6. The van der Waals surface area contributed by atoms with Crippen molar-refractivity contribution in [2.75, 3.05) is 17.7 Å². The van der Waals surface area contributed by atoms with Crippen molar-refractivity contribution < 1.29 is 42.6 Å². The maximum atomic E-state index is 13.6. The summed E-state index contributed by atoms with van der Waals surface area (Å²) in [4.78, 5) is 59.6. The molecule has 5 N–H and O–H groups in total. The first-order valence-corrected chi connectivity index (χ1v) is 17.1. The Hall–Kier alpha value is -5.81. The number of hydrogen-bond donors (Lipinski definition) is 4. The van der Waals surface area contributed by atoms with Crippen LogP contribution in [-0.4, -0.2) is 75.0 Å². The molecule has 2 aliphatic heterocycles. The van der Waals surface area contributed by atoms with E-state index in [2.05, 4.69) is 25.6 Å². The first-order chi connectivity index (χ1) is 24.6. The minimum atomic E-state index is -3.37. The SMILES string of the molecule is NC(=O)OCC1=C(C(=O)O)N2C(=O)C(NC(=O)/C(=N\OC(F)F)c3csc(NC(c4ccccc4)(c4ccccc4)c4ccccc4)n3)C2SC1. The number of β-lactam (4-membered cyclic amide) rings is 1. The van der Waals surface area contributed by atoms with Crippen LogP contribution < -0.4 is 16.4 Å². The summed E-state index contributed by atoms with van der Waals surface area (Å²) in [7, 11) is 0. The Bertz CT molecular complexity index is 1900. The molecule has 2 aliphatic rings. The summed E-state index contributed by atoms with van der Waals surface area (Å²) in [6.07, 6.45) is -1.12. The number of anilines is 1. The number of benzene rings is 3. The molecule has 51 heavy (non-hydrogen) atoms. The number of amides is 3. The summed E-state index contributed by atoms with van der Waals surface area (Å²) < 4.78 is 31.1. The van der Waals surface area contributed by atoms with Crippen LogP contribution in [-0.2, 0) is 29.5 Å². The fraction of sp³-hybridized carbons (Fsp3) is 0.176. The Morgan fingerprint density at radius 2 is 1.57 bits per heavy atom. The lowest BCUT2D eigenvalue weighted by molar-refractivity contribution is -0.150. The molecule has 1 aromatic heterocycles. The van der Waals surface area contributed by atoms with Gasteiger partial charge in [-0.25, -0.2) is 14.6 Å². The highest BCUT2D eigenvalue weighted by molar-refractivity contribution is 8.00. The van der Waals surface area contributed by atoms with E-state index >= 15 is 0 Å². The van der Waals surface area contributed by atoms with Crippen LogP contribution in [0.4, 0.5) is 18.7 Å². The smallest absolute Gasteiger partial charge is 0.407 e. The normalized spacial score (nSPS) is 17.4. The number of carbonyl (C=O) groups excluding carboxylic acids is 3. The predicted octanol–water partition coefficient (Wildman–Crippen LogP) is 4.32. The Kier molecular flexibility index (Phi) is 10.3. The molecule has 6 rings (SSSR count). The van der Waals surface area contributed by atoms with E-state index in [-0.39, 0.29) is 17.0 Å². The summed E-state index contributed by atoms with van der Waals surface area (Å²) in [6.45, 7) is -3.82. The third-order valence-corrected chi connectivity index (χ3v) is 10.1. The molecule has 2 atom stereocenters. The van der Waals surface area contributed by atoms with E-state index in [1.807, 2.05) is 91.0 Å². The quantitative estimate of drug-likeness (QED) is 0.0667. The monoisotopic (exact) mass is 734 g/mol. The Balaban J connectivity index is 1.30. The van der Waals surface area contributed by atoms with Gasteiger partial charge in [0.05, 0.1) is 0 Å². The Morgan fingerprint density at radius 1 is 1.00 bits per heavy atom. The van der Waals surface area contributed by atoms with Gasteiger partial charge >= 0.3 is 18.7 Å². The molecule has 3 amide bonds. The number of alkyl halides is 2. The Labute approximate surface area is 297 Å². The molecule has 0 saturated carbocycles. The number of nitrogens with one attached hydrogen (secondary N) is 2. The second-order valence-electron chi connectivity index (χ2n) is 11.0. The minimum Gasteiger partial charge on any atom is -0.477 e. The van der Waals surface area contributed by atoms with Crippen molar-refractivity contribution in [3.8, 4) is 0 Å². The molecule has 1 fully saturated rings. The number of carboxylic acids is 1. The zero-order valence-electron chi connectivity index (χ0n) is 26.3. The number of oxime groups is 1. The number of aliphatic carboxylic acids is 1. The molecule has 13 nitrogen and oxygen atoms in total. The number of fused-ring (bicyclic) bond motifs is 1. The molecular weight excluding hydrogens is 707 g/mol. The number of hydrogen-bond acceptors (Lipinski definition) is 11. The number of rotatable bonds is 13. The number of nitrogens with two attached hydrogens (primary N) is 1. The first kappa shape index (κ1) is 35.0. The van der Waals surface area contributed by atoms with Gasteiger partial charge in [-0.15, -0.1) is 23.1 Å². The second-order valence-corrected chi connectivity index (χ2v) is 13.0. The van der Waals surface area contributed by atoms with E-state index in [4.69, 9.17) is 10.5 Å². The maximum Gasteiger partial charge on any atom is 0.407 e. The highest BCUT2D eigenvalue weighted by Gasteiger charge is 2.54. The number of thioether (sulfide) groups is 1. The van der Waals surface area contributed by atoms with Crippen molar-refractivity contribution in [3.05, 3.63) is 130 Å². The molecule has 1 saturated heterocycles. The lowest BCUT2D eigenvalue weighted by Gasteiger charge is -2.49. The molecule has 4 aromatic rings. The standard InChI is InChI=1S/C34H28F2N6O7S2/c35-31(36)49-41-24(27(43)39-25-28(44)42-26(30(45)46)19(16-48-32(37)47)17-50-29(25)42)23-18-51-33(38-23)40-34(20-10-4-1-5-11-20,21-12-6-2-7-13-21)22-14-8-3-9-15-22/h1-15,18,25,29,31H,16-17H2,(H2,37,47)(H,38,40)(H,39,43)(H,45,46)/b41-24-. The number of carboxylic acid groups (broad SMARTS) is 1. The van der Waals surface area contributed by atoms with Gasteiger partial charge in [-0.05, 0) is 16.7 Å². The van der Waals surface area contributed by atoms with Gasteiger partial charge in [0.2, 0.25) is 0 Å². The highest BCUT2D eigenvalue weighted by Crippen LogP contribution is 2.42. The predicted molar refractivity (Wildman–Crippen MR) is 184 cm³/mol. The van der Waals surface area contributed by atoms with Gasteiger partial charge < -0.3 is 31.0 Å². The van der Waals surface area contributed by atoms with E-state index in [0.29, 0.717) is 5.13 Å². The molecule has 0 radical (unpaired) electrons. The third-order valence-electron chi connectivity index (χ3n) is 8.03. The Morgan fingerprint density at radius 3 is 2.08 bits per heavy atom. The van der Waals surface area contributed by atoms with E-state index in [0.717, 1.165) is 44.7 Å². The average Bonchev–Trinajstić information content (AvgIpc) is 3.60. The van der Waals surface area contributed by atoms with E-state index in [9.17, 15) is 33.1 Å². The van der Waals surface area contributed by atoms with Crippen LogP contribution in [0.15, 0.2) is 113 Å². The van der Waals surface area contributed by atoms with Crippen LogP contribution in [0.2, 0.25) is 0 Å². The molecular formula is C34H28F2N6O7S2. The second kappa shape index (κ2) is 15.0. The average molecular weight is 735 g/mol. The van der Waals surface area contributed by atoms with E-state index in [1.165, 1.54) is 5.38 Å². The molecule has 0 bridgehead atoms. The van der Waals surface area contributed by atoms with Crippen LogP contribution in [0.1, 0.15) is 22.4 Å². The van der Waals surface area contributed by atoms with Gasteiger partial charge in [-0.1, -0.05) is 96.2 Å². The summed E-state index contributed by atoms with van der Waals surface area (Å²) in [6, 6.07) is 27.6. The third kappa shape index (κ3) is 7.11. The number of carbonyl (C=O) groups is 4. The van der Waals surface area contributed by atoms with Crippen molar-refractivity contribution in [3.63, 3.8) is 0 Å². The van der Waals surface area contributed by atoms with Crippen molar-refractivity contribution in [2.45, 2.75) is 23.6 Å². The summed E-state index contributed by atoms with van der Waals surface area (Å²) >= 11 is 2.19. The summed E-state index contributed by atoms with van der Waals surface area (Å²) in [5, 5.41) is 20.1. The van der Waals surface area contributed by atoms with Crippen molar-refractivity contribution in [1.29, 1.82) is 0 Å². The van der Waals surface area contributed by atoms with Crippen LogP contribution in [0.5, 0.6) is 0 Å². The number of aromatic nitrogens is 1. The topological polar surface area (TPSA) is 186 Å². The summed E-state index contributed by atoms with van der Waals surface area (Å²) in [5.74, 6) is -3.26. The van der Waals surface area contributed by atoms with Gasteiger partial charge in [-0.2, -0.15) is 8.78 Å². The van der Waals surface area contributed by atoms with Crippen LogP contribution in [0.25, 0.3) is 0 Å². The minimum absolute atomic E-state index is 0.0400.